The Bertz CT molecular complexity index is 364. The minimum atomic E-state index is 0.161. The quantitative estimate of drug-likeness (QED) is 0.822. The number of benzene rings is 1. The number of rotatable bonds is 4. The van der Waals surface area contributed by atoms with Crippen LogP contribution in [-0.2, 0) is 11.2 Å². The number of hydrogen-bond acceptors (Lipinski definition) is 2. The summed E-state index contributed by atoms with van der Waals surface area (Å²) in [5, 5.41) is 6.38. The molecule has 1 saturated heterocycles. The highest BCUT2D eigenvalue weighted by Crippen LogP contribution is 2.08. The number of carbonyl (C=O) groups is 1. The molecule has 92 valence electrons. The molecule has 2 N–H and O–H groups in total. The SMILES string of the molecule is CC1CNCC1NC(=O)CCc1ccccc1. The molecule has 2 rings (SSSR count). The van der Waals surface area contributed by atoms with E-state index in [1.165, 1.54) is 5.56 Å². The summed E-state index contributed by atoms with van der Waals surface area (Å²) in [4.78, 5) is 11.8. The van der Waals surface area contributed by atoms with Gasteiger partial charge in [0.15, 0.2) is 0 Å². The van der Waals surface area contributed by atoms with E-state index in [4.69, 9.17) is 0 Å². The molecule has 1 amide bonds. The van der Waals surface area contributed by atoms with Gasteiger partial charge in [-0.05, 0) is 24.4 Å². The van der Waals surface area contributed by atoms with Crippen molar-refractivity contribution >= 4 is 5.91 Å². The first-order valence-electron chi connectivity index (χ1n) is 6.29. The van der Waals surface area contributed by atoms with E-state index in [9.17, 15) is 4.79 Å². The van der Waals surface area contributed by atoms with E-state index in [1.807, 2.05) is 18.2 Å². The van der Waals surface area contributed by atoms with Gasteiger partial charge in [-0.2, -0.15) is 0 Å². The van der Waals surface area contributed by atoms with Crippen molar-refractivity contribution in [2.24, 2.45) is 5.92 Å². The number of amides is 1. The van der Waals surface area contributed by atoms with Crippen molar-refractivity contribution in [2.45, 2.75) is 25.8 Å². The maximum atomic E-state index is 11.8. The van der Waals surface area contributed by atoms with E-state index in [1.54, 1.807) is 0 Å². The second-order valence-corrected chi connectivity index (χ2v) is 4.80. The number of carbonyl (C=O) groups excluding carboxylic acids is 1. The van der Waals surface area contributed by atoms with E-state index in [0.717, 1.165) is 19.5 Å². The van der Waals surface area contributed by atoms with Gasteiger partial charge in [-0.3, -0.25) is 4.79 Å². The lowest BCUT2D eigenvalue weighted by molar-refractivity contribution is -0.121. The van der Waals surface area contributed by atoms with Crippen LogP contribution in [-0.4, -0.2) is 25.0 Å². The van der Waals surface area contributed by atoms with Crippen LogP contribution in [0, 0.1) is 5.92 Å². The van der Waals surface area contributed by atoms with Crippen LogP contribution in [0.2, 0.25) is 0 Å². The molecule has 2 unspecified atom stereocenters. The normalized spacial score (nSPS) is 23.6. The zero-order chi connectivity index (χ0) is 12.1. The molecule has 0 saturated carbocycles. The van der Waals surface area contributed by atoms with E-state index in [2.05, 4.69) is 29.7 Å². The summed E-state index contributed by atoms with van der Waals surface area (Å²) < 4.78 is 0. The summed E-state index contributed by atoms with van der Waals surface area (Å²) in [7, 11) is 0. The summed E-state index contributed by atoms with van der Waals surface area (Å²) in [5.41, 5.74) is 1.22. The van der Waals surface area contributed by atoms with Gasteiger partial charge in [-0.15, -0.1) is 0 Å². The number of nitrogens with one attached hydrogen (secondary N) is 2. The topological polar surface area (TPSA) is 41.1 Å². The predicted octanol–water partition coefficient (Wildman–Crippen LogP) is 1.34. The molecule has 3 heteroatoms. The van der Waals surface area contributed by atoms with Crippen molar-refractivity contribution in [1.29, 1.82) is 0 Å². The molecule has 0 bridgehead atoms. The maximum absolute atomic E-state index is 11.8. The van der Waals surface area contributed by atoms with Gasteiger partial charge in [-0.25, -0.2) is 0 Å². The lowest BCUT2D eigenvalue weighted by atomic mass is 10.1. The minimum absolute atomic E-state index is 0.161. The first-order valence-corrected chi connectivity index (χ1v) is 6.29. The van der Waals surface area contributed by atoms with Crippen LogP contribution in [0.4, 0.5) is 0 Å². The molecule has 0 radical (unpaired) electrons. The Balaban J connectivity index is 1.74. The molecular formula is C14H20N2O. The summed E-state index contributed by atoms with van der Waals surface area (Å²) in [5.74, 6) is 0.699. The van der Waals surface area contributed by atoms with Crippen molar-refractivity contribution in [1.82, 2.24) is 10.6 Å². The molecule has 1 aromatic carbocycles. The van der Waals surface area contributed by atoms with Gasteiger partial charge in [0.2, 0.25) is 5.91 Å². The van der Waals surface area contributed by atoms with Crippen LogP contribution in [0.15, 0.2) is 30.3 Å². The number of hydrogen-bond donors (Lipinski definition) is 2. The summed E-state index contributed by atoms with van der Waals surface area (Å²) in [6, 6.07) is 10.4. The van der Waals surface area contributed by atoms with Crippen molar-refractivity contribution in [2.75, 3.05) is 13.1 Å². The van der Waals surface area contributed by atoms with Crippen LogP contribution in [0.25, 0.3) is 0 Å². The monoisotopic (exact) mass is 232 g/mol. The third-order valence-electron chi connectivity index (χ3n) is 3.35. The van der Waals surface area contributed by atoms with Crippen LogP contribution in [0.5, 0.6) is 0 Å². The molecule has 1 aromatic rings. The molecule has 1 fully saturated rings. The zero-order valence-electron chi connectivity index (χ0n) is 10.3. The Morgan fingerprint density at radius 2 is 2.12 bits per heavy atom. The standard InChI is InChI=1S/C14H20N2O/c1-11-9-15-10-13(11)16-14(17)8-7-12-5-3-2-4-6-12/h2-6,11,13,15H,7-10H2,1H3,(H,16,17). The van der Waals surface area contributed by atoms with Gasteiger partial charge in [0.1, 0.15) is 0 Å². The van der Waals surface area contributed by atoms with Gasteiger partial charge < -0.3 is 10.6 Å². The van der Waals surface area contributed by atoms with Crippen LogP contribution < -0.4 is 10.6 Å². The van der Waals surface area contributed by atoms with Gasteiger partial charge in [0.25, 0.3) is 0 Å². The molecule has 3 nitrogen and oxygen atoms in total. The highest BCUT2D eigenvalue weighted by atomic mass is 16.1. The largest absolute Gasteiger partial charge is 0.352 e. The first-order chi connectivity index (χ1) is 8.25. The second-order valence-electron chi connectivity index (χ2n) is 4.80. The van der Waals surface area contributed by atoms with Crippen molar-refractivity contribution in [3.05, 3.63) is 35.9 Å². The Morgan fingerprint density at radius 3 is 2.76 bits per heavy atom. The fourth-order valence-corrected chi connectivity index (χ4v) is 2.18. The highest BCUT2D eigenvalue weighted by molar-refractivity contribution is 5.76. The van der Waals surface area contributed by atoms with E-state index >= 15 is 0 Å². The second kappa shape index (κ2) is 5.82. The average Bonchev–Trinajstić information content (AvgIpc) is 2.74. The fourth-order valence-electron chi connectivity index (χ4n) is 2.18. The Hall–Kier alpha value is -1.35. The Kier molecular flexibility index (Phi) is 4.15. The smallest absolute Gasteiger partial charge is 0.220 e. The van der Waals surface area contributed by atoms with E-state index < -0.39 is 0 Å². The van der Waals surface area contributed by atoms with E-state index in [0.29, 0.717) is 18.4 Å². The molecule has 0 aromatic heterocycles. The lowest BCUT2D eigenvalue weighted by Crippen LogP contribution is -2.39. The Morgan fingerprint density at radius 1 is 1.35 bits per heavy atom. The summed E-state index contributed by atoms with van der Waals surface area (Å²) >= 11 is 0. The molecule has 17 heavy (non-hydrogen) atoms. The Labute approximate surface area is 103 Å². The predicted molar refractivity (Wildman–Crippen MR) is 68.7 cm³/mol. The first kappa shape index (κ1) is 12.1. The maximum Gasteiger partial charge on any atom is 0.220 e. The lowest BCUT2D eigenvalue weighted by Gasteiger charge is -2.16. The molecule has 1 aliphatic rings. The van der Waals surface area contributed by atoms with Crippen molar-refractivity contribution < 1.29 is 4.79 Å². The third kappa shape index (κ3) is 3.56. The van der Waals surface area contributed by atoms with Crippen molar-refractivity contribution in [3.8, 4) is 0 Å². The molecule has 0 spiro atoms. The third-order valence-corrected chi connectivity index (χ3v) is 3.35. The van der Waals surface area contributed by atoms with E-state index in [-0.39, 0.29) is 5.91 Å². The summed E-state index contributed by atoms with van der Waals surface area (Å²) in [6.07, 6.45) is 1.40. The number of aryl methyl sites for hydroxylation is 1. The molecule has 1 heterocycles. The van der Waals surface area contributed by atoms with Gasteiger partial charge in [-0.1, -0.05) is 37.3 Å². The zero-order valence-corrected chi connectivity index (χ0v) is 10.3. The van der Waals surface area contributed by atoms with Crippen LogP contribution in [0.3, 0.4) is 0 Å². The fraction of sp³-hybridized carbons (Fsp3) is 0.500. The van der Waals surface area contributed by atoms with Gasteiger partial charge >= 0.3 is 0 Å². The molecule has 1 aliphatic heterocycles. The molecular weight excluding hydrogens is 212 g/mol. The van der Waals surface area contributed by atoms with Crippen LogP contribution in [0.1, 0.15) is 18.9 Å². The minimum Gasteiger partial charge on any atom is -0.352 e. The molecule has 0 aliphatic carbocycles. The molecule has 2 atom stereocenters. The summed E-state index contributed by atoms with van der Waals surface area (Å²) in [6.45, 7) is 4.07. The van der Waals surface area contributed by atoms with Gasteiger partial charge in [0.05, 0.1) is 0 Å². The van der Waals surface area contributed by atoms with Crippen molar-refractivity contribution in [3.63, 3.8) is 0 Å². The van der Waals surface area contributed by atoms with Crippen LogP contribution >= 0.6 is 0 Å². The van der Waals surface area contributed by atoms with Gasteiger partial charge in [0, 0.05) is 19.0 Å². The average molecular weight is 232 g/mol. The highest BCUT2D eigenvalue weighted by Gasteiger charge is 2.23.